The van der Waals surface area contributed by atoms with Crippen molar-refractivity contribution in [2.24, 2.45) is 0 Å². The molecule has 1 aliphatic rings. The van der Waals surface area contributed by atoms with Crippen LogP contribution in [0.2, 0.25) is 10.0 Å². The zero-order valence-electron chi connectivity index (χ0n) is 11.5. The Morgan fingerprint density at radius 2 is 1.95 bits per heavy atom. The van der Waals surface area contributed by atoms with Gasteiger partial charge in [0, 0.05) is 17.5 Å². The number of imidazole rings is 1. The zero-order chi connectivity index (χ0) is 14.4. The van der Waals surface area contributed by atoms with Gasteiger partial charge in [0.15, 0.2) is 0 Å². The van der Waals surface area contributed by atoms with Gasteiger partial charge in [-0.2, -0.15) is 0 Å². The molecule has 1 aliphatic carbocycles. The quantitative estimate of drug-likeness (QED) is 0.876. The molecule has 0 atom stereocenters. The fourth-order valence-corrected chi connectivity index (χ4v) is 2.74. The maximum absolute atomic E-state index is 6.33. The van der Waals surface area contributed by atoms with E-state index >= 15 is 0 Å². The second-order valence-electron chi connectivity index (χ2n) is 5.59. The lowest BCUT2D eigenvalue weighted by Gasteiger charge is -2.10. The zero-order valence-corrected chi connectivity index (χ0v) is 13.0. The number of nitrogens with zero attached hydrogens (tertiary/aromatic N) is 2. The maximum Gasteiger partial charge on any atom is 0.132 e. The van der Waals surface area contributed by atoms with Gasteiger partial charge in [-0.3, -0.25) is 0 Å². The van der Waals surface area contributed by atoms with Gasteiger partial charge in [-0.1, -0.05) is 43.1 Å². The normalized spacial score (nSPS) is 15.1. The summed E-state index contributed by atoms with van der Waals surface area (Å²) in [5.74, 6) is 2.12. The molecule has 3 rings (SSSR count). The molecular weight excluding hydrogens is 293 g/mol. The first-order valence-electron chi connectivity index (χ1n) is 6.82. The van der Waals surface area contributed by atoms with E-state index in [1.54, 1.807) is 6.07 Å². The first-order valence-corrected chi connectivity index (χ1v) is 7.57. The molecule has 1 aromatic heterocycles. The number of aromatic nitrogens is 2. The molecular formula is C15H17Cl2N3. The van der Waals surface area contributed by atoms with E-state index in [-0.39, 0.29) is 0 Å². The molecule has 2 aromatic rings. The maximum atomic E-state index is 6.33. The summed E-state index contributed by atoms with van der Waals surface area (Å²) in [6.45, 7) is 4.28. The molecule has 20 heavy (non-hydrogen) atoms. The van der Waals surface area contributed by atoms with Crippen LogP contribution in [0.1, 0.15) is 44.5 Å². The Morgan fingerprint density at radius 3 is 2.50 bits per heavy atom. The van der Waals surface area contributed by atoms with Crippen molar-refractivity contribution in [1.29, 1.82) is 0 Å². The van der Waals surface area contributed by atoms with Crippen molar-refractivity contribution in [3.8, 4) is 11.3 Å². The molecule has 1 fully saturated rings. The van der Waals surface area contributed by atoms with Gasteiger partial charge in [0.1, 0.15) is 17.3 Å². The van der Waals surface area contributed by atoms with Crippen LogP contribution in [-0.4, -0.2) is 9.55 Å². The Balaban J connectivity index is 2.13. The minimum absolute atomic E-state index is 0.342. The van der Waals surface area contributed by atoms with Crippen LogP contribution in [0.25, 0.3) is 11.3 Å². The third-order valence-electron chi connectivity index (χ3n) is 3.60. The Kier molecular flexibility index (Phi) is 3.43. The Hall–Kier alpha value is -1.19. The summed E-state index contributed by atoms with van der Waals surface area (Å²) in [5.41, 5.74) is 8.05. The number of rotatable bonds is 3. The van der Waals surface area contributed by atoms with Crippen LogP contribution in [-0.2, 0) is 0 Å². The molecule has 0 saturated heterocycles. The van der Waals surface area contributed by atoms with Crippen LogP contribution in [0.3, 0.4) is 0 Å². The van der Waals surface area contributed by atoms with Gasteiger partial charge in [0.2, 0.25) is 0 Å². The number of halogens is 2. The topological polar surface area (TPSA) is 43.8 Å². The van der Waals surface area contributed by atoms with Crippen molar-refractivity contribution in [2.75, 3.05) is 5.73 Å². The minimum Gasteiger partial charge on any atom is -0.383 e. The SMILES string of the molecule is CC(C)c1nc(-c2ccc(Cl)c(Cl)c2)c(N)n1C1CC1. The molecule has 0 radical (unpaired) electrons. The van der Waals surface area contributed by atoms with Crippen LogP contribution >= 0.6 is 23.2 Å². The Bertz CT molecular complexity index is 657. The number of nitrogens with two attached hydrogens (primary N) is 1. The number of benzene rings is 1. The van der Waals surface area contributed by atoms with E-state index in [0.29, 0.717) is 22.0 Å². The largest absolute Gasteiger partial charge is 0.383 e. The summed E-state index contributed by atoms with van der Waals surface area (Å²) < 4.78 is 2.18. The summed E-state index contributed by atoms with van der Waals surface area (Å²) in [5, 5.41) is 1.07. The predicted octanol–water partition coefficient (Wildman–Crippen LogP) is 4.90. The molecule has 0 aliphatic heterocycles. The standard InChI is InChI=1S/C15H17Cl2N3/c1-8(2)15-19-13(14(18)20(15)10-4-5-10)9-3-6-11(16)12(17)7-9/h3,6-8,10H,4-5,18H2,1-2H3. The van der Waals surface area contributed by atoms with Crippen LogP contribution in [0.5, 0.6) is 0 Å². The van der Waals surface area contributed by atoms with Gasteiger partial charge >= 0.3 is 0 Å². The molecule has 0 unspecified atom stereocenters. The Morgan fingerprint density at radius 1 is 1.25 bits per heavy atom. The molecule has 3 nitrogen and oxygen atoms in total. The molecule has 0 spiro atoms. The highest BCUT2D eigenvalue weighted by Crippen LogP contribution is 2.42. The van der Waals surface area contributed by atoms with Crippen molar-refractivity contribution < 1.29 is 0 Å². The van der Waals surface area contributed by atoms with Gasteiger partial charge in [-0.05, 0) is 25.0 Å². The van der Waals surface area contributed by atoms with Gasteiger partial charge in [0.05, 0.1) is 10.0 Å². The molecule has 106 valence electrons. The fraction of sp³-hybridized carbons (Fsp3) is 0.400. The average Bonchev–Trinajstić information content (AvgIpc) is 3.16. The summed E-state index contributed by atoms with van der Waals surface area (Å²) >= 11 is 12.1. The van der Waals surface area contributed by atoms with E-state index in [4.69, 9.17) is 33.9 Å². The lowest BCUT2D eigenvalue weighted by Crippen LogP contribution is -2.06. The lowest BCUT2D eigenvalue weighted by molar-refractivity contribution is 0.646. The Labute approximate surface area is 128 Å². The molecule has 1 heterocycles. The van der Waals surface area contributed by atoms with Crippen molar-refractivity contribution in [1.82, 2.24) is 9.55 Å². The van der Waals surface area contributed by atoms with Crippen LogP contribution < -0.4 is 5.73 Å². The van der Waals surface area contributed by atoms with E-state index in [1.807, 2.05) is 12.1 Å². The molecule has 1 aromatic carbocycles. The second kappa shape index (κ2) is 4.97. The van der Waals surface area contributed by atoms with E-state index in [9.17, 15) is 0 Å². The van der Waals surface area contributed by atoms with Crippen LogP contribution in [0.4, 0.5) is 5.82 Å². The number of nitrogen functional groups attached to an aromatic ring is 1. The molecule has 2 N–H and O–H groups in total. The highest BCUT2D eigenvalue weighted by molar-refractivity contribution is 6.42. The number of hydrogen-bond acceptors (Lipinski definition) is 2. The monoisotopic (exact) mass is 309 g/mol. The highest BCUT2D eigenvalue weighted by Gasteiger charge is 2.30. The van der Waals surface area contributed by atoms with Crippen LogP contribution in [0, 0.1) is 0 Å². The van der Waals surface area contributed by atoms with E-state index < -0.39 is 0 Å². The number of hydrogen-bond donors (Lipinski definition) is 1. The van der Waals surface area contributed by atoms with E-state index in [0.717, 1.165) is 22.9 Å². The van der Waals surface area contributed by atoms with Gasteiger partial charge in [-0.15, -0.1) is 0 Å². The van der Waals surface area contributed by atoms with Gasteiger partial charge in [-0.25, -0.2) is 4.98 Å². The molecule has 1 saturated carbocycles. The third-order valence-corrected chi connectivity index (χ3v) is 4.34. The number of anilines is 1. The average molecular weight is 310 g/mol. The van der Waals surface area contributed by atoms with E-state index in [1.165, 1.54) is 12.8 Å². The fourth-order valence-electron chi connectivity index (χ4n) is 2.44. The first-order chi connectivity index (χ1) is 9.49. The third kappa shape index (κ3) is 2.29. The second-order valence-corrected chi connectivity index (χ2v) is 6.40. The van der Waals surface area contributed by atoms with Crippen molar-refractivity contribution in [3.63, 3.8) is 0 Å². The summed E-state index contributed by atoms with van der Waals surface area (Å²) in [6.07, 6.45) is 2.36. The highest BCUT2D eigenvalue weighted by atomic mass is 35.5. The van der Waals surface area contributed by atoms with Gasteiger partial charge < -0.3 is 10.3 Å². The molecule has 5 heteroatoms. The lowest BCUT2D eigenvalue weighted by atomic mass is 10.1. The molecule has 0 amide bonds. The predicted molar refractivity (Wildman–Crippen MR) is 84.5 cm³/mol. The van der Waals surface area contributed by atoms with Gasteiger partial charge in [0.25, 0.3) is 0 Å². The van der Waals surface area contributed by atoms with Crippen molar-refractivity contribution in [3.05, 3.63) is 34.1 Å². The molecule has 0 bridgehead atoms. The minimum atomic E-state index is 0.342. The van der Waals surface area contributed by atoms with Crippen molar-refractivity contribution in [2.45, 2.75) is 38.6 Å². The first kappa shape index (κ1) is 13.8. The van der Waals surface area contributed by atoms with Crippen LogP contribution in [0.15, 0.2) is 18.2 Å². The smallest absolute Gasteiger partial charge is 0.132 e. The summed E-state index contributed by atoms with van der Waals surface area (Å²) in [6, 6.07) is 6.03. The van der Waals surface area contributed by atoms with Crippen molar-refractivity contribution >= 4 is 29.0 Å². The summed E-state index contributed by atoms with van der Waals surface area (Å²) in [7, 11) is 0. The summed E-state index contributed by atoms with van der Waals surface area (Å²) in [4.78, 5) is 4.75. The van der Waals surface area contributed by atoms with E-state index in [2.05, 4.69) is 18.4 Å².